The van der Waals surface area contributed by atoms with E-state index in [1.54, 1.807) is 6.07 Å². The molecule has 1 saturated heterocycles. The van der Waals surface area contributed by atoms with Crippen LogP contribution >= 0.6 is 0 Å². The molecule has 0 aliphatic carbocycles. The molecule has 1 N–H and O–H groups in total. The van der Waals surface area contributed by atoms with Gasteiger partial charge in [-0.15, -0.1) is 0 Å². The Balaban J connectivity index is 2.08. The van der Waals surface area contributed by atoms with E-state index in [2.05, 4.69) is 23.2 Å². The molecule has 0 amide bonds. The molecule has 1 fully saturated rings. The molecule has 1 aliphatic rings. The van der Waals surface area contributed by atoms with Crippen molar-refractivity contribution >= 4 is 0 Å². The molecule has 2 unspecified atom stereocenters. The van der Waals surface area contributed by atoms with Crippen LogP contribution in [-0.2, 0) is 0 Å². The van der Waals surface area contributed by atoms with Gasteiger partial charge in [0.05, 0.1) is 0 Å². The molecule has 1 aromatic rings. The normalized spacial score (nSPS) is 22.4. The average Bonchev–Trinajstić information content (AvgIpc) is 2.41. The molecule has 1 heterocycles. The number of rotatable bonds is 5. The lowest BCUT2D eigenvalue weighted by Crippen LogP contribution is -2.41. The van der Waals surface area contributed by atoms with Crippen molar-refractivity contribution in [3.63, 3.8) is 0 Å². The first-order chi connectivity index (χ1) is 9.24. The Morgan fingerprint density at radius 1 is 1.47 bits per heavy atom. The molecule has 106 valence electrons. The van der Waals surface area contributed by atoms with Crippen molar-refractivity contribution in [2.75, 3.05) is 26.7 Å². The number of benzene rings is 1. The third-order valence-corrected chi connectivity index (χ3v) is 4.10. The van der Waals surface area contributed by atoms with Crippen molar-refractivity contribution in [1.29, 1.82) is 0 Å². The monoisotopic (exact) mass is 264 g/mol. The minimum atomic E-state index is -0.125. The highest BCUT2D eigenvalue weighted by Gasteiger charge is 2.25. The van der Waals surface area contributed by atoms with Gasteiger partial charge in [-0.3, -0.25) is 4.90 Å². The van der Waals surface area contributed by atoms with Crippen LogP contribution in [0.15, 0.2) is 24.3 Å². The van der Waals surface area contributed by atoms with E-state index in [1.165, 1.54) is 18.9 Å². The van der Waals surface area contributed by atoms with Crippen LogP contribution in [0, 0.1) is 11.7 Å². The summed E-state index contributed by atoms with van der Waals surface area (Å²) in [6, 6.07) is 7.45. The lowest BCUT2D eigenvalue weighted by Gasteiger charge is -2.38. The molecule has 1 aliphatic heterocycles. The number of nitrogens with zero attached hydrogens (tertiary/aromatic N) is 1. The zero-order chi connectivity index (χ0) is 13.7. The summed E-state index contributed by atoms with van der Waals surface area (Å²) in [5.74, 6) is 0.598. The average molecular weight is 264 g/mol. The minimum absolute atomic E-state index is 0.125. The Morgan fingerprint density at radius 2 is 2.32 bits per heavy atom. The minimum Gasteiger partial charge on any atom is -0.319 e. The van der Waals surface area contributed by atoms with Gasteiger partial charge in [-0.1, -0.05) is 19.1 Å². The first-order valence-corrected chi connectivity index (χ1v) is 7.38. The topological polar surface area (TPSA) is 15.3 Å². The molecule has 2 nitrogen and oxygen atoms in total. The van der Waals surface area contributed by atoms with Crippen LogP contribution in [0.4, 0.5) is 4.39 Å². The number of likely N-dealkylation sites (tertiary alicyclic amines) is 1. The Kier molecular flexibility index (Phi) is 5.34. The molecular weight excluding hydrogens is 239 g/mol. The summed E-state index contributed by atoms with van der Waals surface area (Å²) in [6.07, 6.45) is 3.59. The van der Waals surface area contributed by atoms with Gasteiger partial charge in [-0.25, -0.2) is 4.39 Å². The highest BCUT2D eigenvalue weighted by atomic mass is 19.1. The van der Waals surface area contributed by atoms with Crippen LogP contribution in [0.5, 0.6) is 0 Å². The van der Waals surface area contributed by atoms with Gasteiger partial charge < -0.3 is 5.32 Å². The van der Waals surface area contributed by atoms with Gasteiger partial charge in [0, 0.05) is 12.6 Å². The van der Waals surface area contributed by atoms with Crippen LogP contribution in [0.1, 0.15) is 37.8 Å². The first-order valence-electron chi connectivity index (χ1n) is 7.38. The van der Waals surface area contributed by atoms with Crippen LogP contribution in [0.2, 0.25) is 0 Å². The Morgan fingerprint density at radius 3 is 3.00 bits per heavy atom. The van der Waals surface area contributed by atoms with Crippen LogP contribution in [-0.4, -0.2) is 31.6 Å². The second-order valence-corrected chi connectivity index (χ2v) is 5.54. The zero-order valence-corrected chi connectivity index (χ0v) is 12.0. The Hall–Kier alpha value is -0.930. The van der Waals surface area contributed by atoms with Crippen molar-refractivity contribution in [2.24, 2.45) is 5.92 Å². The van der Waals surface area contributed by atoms with E-state index >= 15 is 0 Å². The maximum atomic E-state index is 13.4. The number of hydrogen-bond donors (Lipinski definition) is 1. The lowest BCUT2D eigenvalue weighted by molar-refractivity contribution is 0.119. The second kappa shape index (κ2) is 7.01. The van der Waals surface area contributed by atoms with Crippen molar-refractivity contribution in [3.8, 4) is 0 Å². The van der Waals surface area contributed by atoms with Crippen molar-refractivity contribution < 1.29 is 4.39 Å². The molecule has 0 spiro atoms. The van der Waals surface area contributed by atoms with E-state index in [9.17, 15) is 4.39 Å². The molecule has 19 heavy (non-hydrogen) atoms. The van der Waals surface area contributed by atoms with Gasteiger partial charge in [0.1, 0.15) is 5.82 Å². The van der Waals surface area contributed by atoms with E-state index < -0.39 is 0 Å². The van der Waals surface area contributed by atoms with Crippen molar-refractivity contribution in [1.82, 2.24) is 10.2 Å². The maximum Gasteiger partial charge on any atom is 0.123 e. The first kappa shape index (κ1) is 14.5. The van der Waals surface area contributed by atoms with Gasteiger partial charge in [0.15, 0.2) is 0 Å². The lowest BCUT2D eigenvalue weighted by atomic mass is 9.93. The standard InChI is InChI=1S/C16H25FN2/c1-3-16(14-7-4-8-15(17)10-14)19-9-5-6-13(12-19)11-18-2/h4,7-8,10,13,16,18H,3,5-6,9,11-12H2,1-2H3. The summed E-state index contributed by atoms with van der Waals surface area (Å²) >= 11 is 0. The summed E-state index contributed by atoms with van der Waals surface area (Å²) in [5, 5.41) is 3.28. The van der Waals surface area contributed by atoms with Crippen molar-refractivity contribution in [2.45, 2.75) is 32.2 Å². The fourth-order valence-corrected chi connectivity index (χ4v) is 3.25. The van der Waals surface area contributed by atoms with Crippen molar-refractivity contribution in [3.05, 3.63) is 35.6 Å². The maximum absolute atomic E-state index is 13.4. The summed E-state index contributed by atoms with van der Waals surface area (Å²) in [5.41, 5.74) is 1.12. The number of halogens is 1. The molecular formula is C16H25FN2. The van der Waals surface area contributed by atoms with Gasteiger partial charge >= 0.3 is 0 Å². The molecule has 0 saturated carbocycles. The van der Waals surface area contributed by atoms with E-state index in [0.29, 0.717) is 6.04 Å². The summed E-state index contributed by atoms with van der Waals surface area (Å²) in [6.45, 7) is 5.53. The molecule has 0 bridgehead atoms. The molecule has 0 aromatic heterocycles. The second-order valence-electron chi connectivity index (χ2n) is 5.54. The van der Waals surface area contributed by atoms with Gasteiger partial charge in [-0.05, 0) is 63.0 Å². The third kappa shape index (κ3) is 3.77. The molecule has 0 radical (unpaired) electrons. The SMILES string of the molecule is CCC(c1cccc(F)c1)N1CCCC(CNC)C1. The molecule has 2 atom stereocenters. The summed E-state index contributed by atoms with van der Waals surface area (Å²) < 4.78 is 13.4. The zero-order valence-electron chi connectivity index (χ0n) is 12.0. The number of hydrogen-bond acceptors (Lipinski definition) is 2. The van der Waals surface area contributed by atoms with E-state index in [0.717, 1.165) is 37.5 Å². The van der Waals surface area contributed by atoms with Gasteiger partial charge in [0.25, 0.3) is 0 Å². The van der Waals surface area contributed by atoms with E-state index in [-0.39, 0.29) is 5.82 Å². The fraction of sp³-hybridized carbons (Fsp3) is 0.625. The fourth-order valence-electron chi connectivity index (χ4n) is 3.25. The molecule has 1 aromatic carbocycles. The summed E-state index contributed by atoms with van der Waals surface area (Å²) in [7, 11) is 2.02. The summed E-state index contributed by atoms with van der Waals surface area (Å²) in [4.78, 5) is 2.53. The van der Waals surface area contributed by atoms with E-state index in [1.807, 2.05) is 13.1 Å². The quantitative estimate of drug-likeness (QED) is 0.878. The predicted molar refractivity (Wildman–Crippen MR) is 77.7 cm³/mol. The van der Waals surface area contributed by atoms with Crippen LogP contribution in [0.3, 0.4) is 0 Å². The Bertz CT molecular complexity index is 392. The number of piperidine rings is 1. The highest BCUT2D eigenvalue weighted by Crippen LogP contribution is 2.29. The largest absolute Gasteiger partial charge is 0.319 e. The van der Waals surface area contributed by atoms with Crippen LogP contribution < -0.4 is 5.32 Å². The smallest absolute Gasteiger partial charge is 0.123 e. The van der Waals surface area contributed by atoms with Gasteiger partial charge in [0.2, 0.25) is 0 Å². The Labute approximate surface area is 116 Å². The van der Waals surface area contributed by atoms with Crippen LogP contribution in [0.25, 0.3) is 0 Å². The molecule has 2 rings (SSSR count). The predicted octanol–water partition coefficient (Wildman–Crippen LogP) is 3.21. The third-order valence-electron chi connectivity index (χ3n) is 4.10. The molecule has 3 heteroatoms. The highest BCUT2D eigenvalue weighted by molar-refractivity contribution is 5.20. The van der Waals surface area contributed by atoms with Gasteiger partial charge in [-0.2, -0.15) is 0 Å². The van der Waals surface area contributed by atoms with E-state index in [4.69, 9.17) is 0 Å². The number of nitrogens with one attached hydrogen (secondary N) is 1.